The topological polar surface area (TPSA) is 38.9 Å². The Balaban J connectivity index is 2.38. The maximum Gasteiger partial charge on any atom is 0.0705 e. The van der Waals surface area contributed by atoms with Crippen LogP contribution < -0.4 is 5.73 Å². The van der Waals surface area contributed by atoms with Crippen LogP contribution in [-0.2, 0) is 0 Å². The van der Waals surface area contributed by atoms with E-state index in [4.69, 9.17) is 5.73 Å². The van der Waals surface area contributed by atoms with Crippen molar-refractivity contribution in [3.8, 4) is 0 Å². The first-order valence-electron chi connectivity index (χ1n) is 5.41. The summed E-state index contributed by atoms with van der Waals surface area (Å²) < 4.78 is 0. The molecule has 1 unspecified atom stereocenters. The van der Waals surface area contributed by atoms with Gasteiger partial charge in [0.15, 0.2) is 0 Å². The van der Waals surface area contributed by atoms with Crippen molar-refractivity contribution in [1.82, 2.24) is 4.98 Å². The van der Waals surface area contributed by atoms with Gasteiger partial charge < -0.3 is 5.73 Å². The number of pyridine rings is 1. The number of nitrogens with zero attached hydrogens (tertiary/aromatic N) is 1. The SMILES string of the molecule is CCCC(N)c1ccc2cccnc2c1. The Bertz CT molecular complexity index is 451. The zero-order valence-corrected chi connectivity index (χ0v) is 8.98. The van der Waals surface area contributed by atoms with E-state index >= 15 is 0 Å². The van der Waals surface area contributed by atoms with Gasteiger partial charge >= 0.3 is 0 Å². The van der Waals surface area contributed by atoms with Crippen LogP contribution in [0.1, 0.15) is 31.4 Å². The van der Waals surface area contributed by atoms with E-state index in [0.29, 0.717) is 0 Å². The molecule has 0 aliphatic heterocycles. The van der Waals surface area contributed by atoms with Crippen molar-refractivity contribution < 1.29 is 0 Å². The molecule has 0 spiro atoms. The van der Waals surface area contributed by atoms with Gasteiger partial charge in [0.2, 0.25) is 0 Å². The third-order valence-electron chi connectivity index (χ3n) is 2.66. The van der Waals surface area contributed by atoms with Gasteiger partial charge in [-0.05, 0) is 24.1 Å². The molecule has 0 aliphatic carbocycles. The zero-order valence-electron chi connectivity index (χ0n) is 8.98. The van der Waals surface area contributed by atoms with Gasteiger partial charge in [0, 0.05) is 17.6 Å². The highest BCUT2D eigenvalue weighted by Gasteiger charge is 2.05. The zero-order chi connectivity index (χ0) is 10.7. The Morgan fingerprint density at radius 2 is 2.20 bits per heavy atom. The fourth-order valence-corrected chi connectivity index (χ4v) is 1.79. The van der Waals surface area contributed by atoms with E-state index in [-0.39, 0.29) is 6.04 Å². The van der Waals surface area contributed by atoms with Crippen LogP contribution in [-0.4, -0.2) is 4.98 Å². The molecular formula is C13H16N2. The normalized spacial score (nSPS) is 12.9. The number of nitrogens with two attached hydrogens (primary N) is 1. The van der Waals surface area contributed by atoms with Crippen LogP contribution in [0.3, 0.4) is 0 Å². The first-order chi connectivity index (χ1) is 7.31. The molecule has 0 amide bonds. The quantitative estimate of drug-likeness (QED) is 0.827. The third-order valence-corrected chi connectivity index (χ3v) is 2.66. The summed E-state index contributed by atoms with van der Waals surface area (Å²) in [7, 11) is 0. The van der Waals surface area contributed by atoms with E-state index in [1.807, 2.05) is 12.3 Å². The Hall–Kier alpha value is -1.41. The van der Waals surface area contributed by atoms with Crippen LogP contribution in [0.15, 0.2) is 36.5 Å². The molecule has 0 bridgehead atoms. The van der Waals surface area contributed by atoms with Gasteiger partial charge in [0.1, 0.15) is 0 Å². The lowest BCUT2D eigenvalue weighted by molar-refractivity contribution is 0.639. The maximum atomic E-state index is 6.07. The minimum Gasteiger partial charge on any atom is -0.324 e. The standard InChI is InChI=1S/C13H16N2/c1-2-4-12(14)11-7-6-10-5-3-8-15-13(10)9-11/h3,5-9,12H,2,4,14H2,1H3. The highest BCUT2D eigenvalue weighted by molar-refractivity contribution is 5.78. The first-order valence-corrected chi connectivity index (χ1v) is 5.41. The van der Waals surface area contributed by atoms with E-state index in [9.17, 15) is 0 Å². The van der Waals surface area contributed by atoms with Crippen molar-refractivity contribution in [2.75, 3.05) is 0 Å². The molecule has 1 atom stereocenters. The first kappa shape index (κ1) is 10.1. The molecule has 1 aromatic heterocycles. The summed E-state index contributed by atoms with van der Waals surface area (Å²) in [6, 6.07) is 10.4. The average molecular weight is 200 g/mol. The number of hydrogen-bond donors (Lipinski definition) is 1. The van der Waals surface area contributed by atoms with E-state index in [1.54, 1.807) is 0 Å². The molecule has 1 aromatic carbocycles. The molecule has 0 fully saturated rings. The highest BCUT2D eigenvalue weighted by atomic mass is 14.7. The van der Waals surface area contributed by atoms with Gasteiger partial charge in [0.05, 0.1) is 5.52 Å². The van der Waals surface area contributed by atoms with E-state index in [0.717, 1.165) is 18.4 Å². The average Bonchev–Trinajstić information content (AvgIpc) is 2.29. The van der Waals surface area contributed by atoms with E-state index in [1.165, 1.54) is 10.9 Å². The van der Waals surface area contributed by atoms with Crippen molar-refractivity contribution in [2.45, 2.75) is 25.8 Å². The number of rotatable bonds is 3. The fraction of sp³-hybridized carbons (Fsp3) is 0.308. The van der Waals surface area contributed by atoms with Gasteiger partial charge in [-0.25, -0.2) is 0 Å². The summed E-state index contributed by atoms with van der Waals surface area (Å²) in [5, 5.41) is 1.17. The monoisotopic (exact) mass is 200 g/mol. The molecule has 2 rings (SSSR count). The van der Waals surface area contributed by atoms with Crippen LogP contribution in [0, 0.1) is 0 Å². The summed E-state index contributed by atoms with van der Waals surface area (Å²) in [6.45, 7) is 2.15. The number of hydrogen-bond acceptors (Lipinski definition) is 2. The Morgan fingerprint density at radius 3 is 3.00 bits per heavy atom. The molecule has 2 N–H and O–H groups in total. The van der Waals surface area contributed by atoms with Crippen molar-refractivity contribution in [1.29, 1.82) is 0 Å². The Kier molecular flexibility index (Phi) is 2.97. The maximum absolute atomic E-state index is 6.07. The van der Waals surface area contributed by atoms with Gasteiger partial charge in [-0.15, -0.1) is 0 Å². The summed E-state index contributed by atoms with van der Waals surface area (Å²) in [4.78, 5) is 4.33. The lowest BCUT2D eigenvalue weighted by Crippen LogP contribution is -2.09. The predicted octanol–water partition coefficient (Wildman–Crippen LogP) is 3.03. The molecular weight excluding hydrogens is 184 g/mol. The second-order valence-electron chi connectivity index (χ2n) is 3.85. The minimum absolute atomic E-state index is 0.140. The van der Waals surface area contributed by atoms with Gasteiger partial charge in [-0.3, -0.25) is 4.98 Å². The van der Waals surface area contributed by atoms with Crippen LogP contribution in [0.2, 0.25) is 0 Å². The second kappa shape index (κ2) is 4.41. The summed E-state index contributed by atoms with van der Waals surface area (Å²) in [5.74, 6) is 0. The van der Waals surface area contributed by atoms with Gasteiger partial charge in [-0.2, -0.15) is 0 Å². The molecule has 15 heavy (non-hydrogen) atoms. The molecule has 78 valence electrons. The summed E-state index contributed by atoms with van der Waals surface area (Å²) in [6.07, 6.45) is 3.96. The molecule has 1 heterocycles. The van der Waals surface area contributed by atoms with Crippen LogP contribution in [0.5, 0.6) is 0 Å². The van der Waals surface area contributed by atoms with Crippen molar-refractivity contribution in [3.05, 3.63) is 42.1 Å². The van der Waals surface area contributed by atoms with Crippen molar-refractivity contribution in [3.63, 3.8) is 0 Å². The van der Waals surface area contributed by atoms with Crippen molar-refractivity contribution >= 4 is 10.9 Å². The molecule has 2 aromatic rings. The molecule has 0 saturated heterocycles. The highest BCUT2D eigenvalue weighted by Crippen LogP contribution is 2.20. The van der Waals surface area contributed by atoms with Crippen LogP contribution >= 0.6 is 0 Å². The molecule has 2 nitrogen and oxygen atoms in total. The fourth-order valence-electron chi connectivity index (χ4n) is 1.79. The third kappa shape index (κ3) is 2.16. The Morgan fingerprint density at radius 1 is 1.33 bits per heavy atom. The number of aromatic nitrogens is 1. The number of fused-ring (bicyclic) bond motifs is 1. The van der Waals surface area contributed by atoms with Crippen molar-refractivity contribution in [2.24, 2.45) is 5.73 Å². The summed E-state index contributed by atoms with van der Waals surface area (Å²) >= 11 is 0. The summed E-state index contributed by atoms with van der Waals surface area (Å²) in [5.41, 5.74) is 8.28. The Labute approximate surface area is 90.1 Å². The molecule has 2 heteroatoms. The molecule has 0 radical (unpaired) electrons. The van der Waals surface area contributed by atoms with Crippen LogP contribution in [0.25, 0.3) is 10.9 Å². The molecule has 0 saturated carbocycles. The number of benzene rings is 1. The lowest BCUT2D eigenvalue weighted by Gasteiger charge is -2.10. The van der Waals surface area contributed by atoms with E-state index < -0.39 is 0 Å². The smallest absolute Gasteiger partial charge is 0.0705 e. The predicted molar refractivity (Wildman–Crippen MR) is 63.6 cm³/mol. The van der Waals surface area contributed by atoms with Crippen LogP contribution in [0.4, 0.5) is 0 Å². The minimum atomic E-state index is 0.140. The van der Waals surface area contributed by atoms with Gasteiger partial charge in [0.25, 0.3) is 0 Å². The second-order valence-corrected chi connectivity index (χ2v) is 3.85. The van der Waals surface area contributed by atoms with Gasteiger partial charge in [-0.1, -0.05) is 31.5 Å². The largest absolute Gasteiger partial charge is 0.324 e. The van der Waals surface area contributed by atoms with E-state index in [2.05, 4.69) is 36.2 Å². The molecule has 0 aliphatic rings. The lowest BCUT2D eigenvalue weighted by atomic mass is 10.0.